The van der Waals surface area contributed by atoms with E-state index < -0.39 is 5.97 Å². The molecule has 3 nitrogen and oxygen atoms in total. The lowest BCUT2D eigenvalue weighted by Gasteiger charge is -2.24. The van der Waals surface area contributed by atoms with Crippen LogP contribution in [-0.4, -0.2) is 17.7 Å². The van der Waals surface area contributed by atoms with Gasteiger partial charge in [0.05, 0.1) is 6.61 Å². The molecule has 4 aromatic rings. The molecule has 4 aromatic carbocycles. The second-order valence-corrected chi connectivity index (χ2v) is 7.87. The summed E-state index contributed by atoms with van der Waals surface area (Å²) in [6, 6.07) is 20.3. The molecule has 5 rings (SSSR count). The fourth-order valence-corrected chi connectivity index (χ4v) is 4.89. The predicted octanol–water partition coefficient (Wildman–Crippen LogP) is 6.42. The first kappa shape index (κ1) is 18.7. The third kappa shape index (κ3) is 2.85. The van der Waals surface area contributed by atoms with E-state index in [1.807, 2.05) is 30.3 Å². The zero-order valence-electron chi connectivity index (χ0n) is 17.1. The number of carbonyl (C=O) groups is 1. The number of aromatic hydroxyl groups is 1. The minimum atomic E-state index is -0.472. The highest BCUT2D eigenvalue weighted by molar-refractivity contribution is 6.24. The molecule has 0 aliphatic heterocycles. The quantitative estimate of drug-likeness (QED) is 0.321. The number of carbonyl (C=O) groups excluding carboxylic acids is 1. The molecule has 0 unspecified atom stereocenters. The zero-order valence-corrected chi connectivity index (χ0v) is 17.1. The van der Waals surface area contributed by atoms with E-state index in [0.29, 0.717) is 5.39 Å². The van der Waals surface area contributed by atoms with Gasteiger partial charge in [-0.3, -0.25) is 0 Å². The molecule has 0 aromatic heterocycles. The van der Waals surface area contributed by atoms with Crippen LogP contribution >= 0.6 is 0 Å². The Morgan fingerprint density at radius 1 is 0.933 bits per heavy atom. The van der Waals surface area contributed by atoms with E-state index in [0.717, 1.165) is 41.0 Å². The second-order valence-electron chi connectivity index (χ2n) is 7.87. The average molecular weight is 396 g/mol. The summed E-state index contributed by atoms with van der Waals surface area (Å²) >= 11 is 0. The maximum Gasteiger partial charge on any atom is 0.342 e. The Bertz CT molecular complexity index is 1270. The molecule has 0 saturated carbocycles. The number of rotatable bonds is 3. The van der Waals surface area contributed by atoms with Crippen molar-refractivity contribution in [1.29, 1.82) is 0 Å². The van der Waals surface area contributed by atoms with Gasteiger partial charge >= 0.3 is 5.97 Å². The Hall–Kier alpha value is -3.33. The summed E-state index contributed by atoms with van der Waals surface area (Å²) in [5, 5.41) is 14.6. The molecule has 0 heterocycles. The minimum absolute atomic E-state index is 0.00585. The van der Waals surface area contributed by atoms with Crippen LogP contribution in [0.25, 0.3) is 32.7 Å². The lowest BCUT2D eigenvalue weighted by Crippen LogP contribution is -2.10. The molecule has 0 bridgehead atoms. The van der Waals surface area contributed by atoms with Gasteiger partial charge < -0.3 is 9.84 Å². The third-order valence-corrected chi connectivity index (χ3v) is 6.15. The van der Waals surface area contributed by atoms with Crippen LogP contribution < -0.4 is 0 Å². The molecule has 0 atom stereocenters. The lowest BCUT2D eigenvalue weighted by atomic mass is 9.80. The van der Waals surface area contributed by atoms with Gasteiger partial charge in [0.1, 0.15) is 11.3 Å². The number of benzene rings is 4. The minimum Gasteiger partial charge on any atom is -0.506 e. The maximum atomic E-state index is 13.0. The normalized spacial score (nSPS) is 13.4. The number of ether oxygens (including phenoxy) is 1. The van der Waals surface area contributed by atoms with Crippen molar-refractivity contribution in [2.45, 2.75) is 32.6 Å². The summed E-state index contributed by atoms with van der Waals surface area (Å²) in [7, 11) is 0. The average Bonchev–Trinajstić information content (AvgIpc) is 2.78. The van der Waals surface area contributed by atoms with Crippen molar-refractivity contribution in [3.8, 4) is 16.9 Å². The van der Waals surface area contributed by atoms with Gasteiger partial charge in [0.2, 0.25) is 0 Å². The van der Waals surface area contributed by atoms with Crippen molar-refractivity contribution in [3.63, 3.8) is 0 Å². The summed E-state index contributed by atoms with van der Waals surface area (Å²) in [4.78, 5) is 13.0. The smallest absolute Gasteiger partial charge is 0.342 e. The van der Waals surface area contributed by atoms with Crippen molar-refractivity contribution in [1.82, 2.24) is 0 Å². The van der Waals surface area contributed by atoms with E-state index in [2.05, 4.69) is 30.3 Å². The number of aryl methyl sites for hydroxylation is 1. The van der Waals surface area contributed by atoms with Crippen molar-refractivity contribution in [2.75, 3.05) is 6.61 Å². The molecule has 1 aliphatic carbocycles. The van der Waals surface area contributed by atoms with Crippen LogP contribution in [0.4, 0.5) is 0 Å². The van der Waals surface area contributed by atoms with Gasteiger partial charge in [-0.2, -0.15) is 0 Å². The molecule has 0 fully saturated rings. The zero-order chi connectivity index (χ0) is 20.7. The number of phenolic OH excluding ortho intramolecular Hbond substituents is 1. The van der Waals surface area contributed by atoms with Crippen molar-refractivity contribution in [2.24, 2.45) is 0 Å². The van der Waals surface area contributed by atoms with E-state index in [4.69, 9.17) is 4.74 Å². The number of hydrogen-bond acceptors (Lipinski definition) is 3. The molecule has 1 N–H and O–H groups in total. The fourth-order valence-electron chi connectivity index (χ4n) is 4.89. The van der Waals surface area contributed by atoms with Crippen LogP contribution in [0.2, 0.25) is 0 Å². The molecule has 0 saturated heterocycles. The monoisotopic (exact) mass is 396 g/mol. The summed E-state index contributed by atoms with van der Waals surface area (Å²) in [6.07, 6.45) is 4.32. The van der Waals surface area contributed by atoms with Crippen LogP contribution in [-0.2, 0) is 17.6 Å². The van der Waals surface area contributed by atoms with Crippen LogP contribution in [0, 0.1) is 0 Å². The van der Waals surface area contributed by atoms with Gasteiger partial charge in [0, 0.05) is 10.8 Å². The Labute approximate surface area is 175 Å². The van der Waals surface area contributed by atoms with Gasteiger partial charge in [-0.25, -0.2) is 4.79 Å². The first-order valence-corrected chi connectivity index (χ1v) is 10.7. The lowest BCUT2D eigenvalue weighted by molar-refractivity contribution is 0.0526. The number of hydrogen-bond donors (Lipinski definition) is 1. The van der Waals surface area contributed by atoms with Gasteiger partial charge in [-0.1, -0.05) is 54.6 Å². The van der Waals surface area contributed by atoms with E-state index in [1.54, 1.807) is 6.92 Å². The highest BCUT2D eigenvalue weighted by Gasteiger charge is 2.26. The Morgan fingerprint density at radius 2 is 1.63 bits per heavy atom. The van der Waals surface area contributed by atoms with Crippen LogP contribution in [0.5, 0.6) is 5.75 Å². The van der Waals surface area contributed by atoms with Crippen molar-refractivity contribution >= 4 is 27.5 Å². The highest BCUT2D eigenvalue weighted by atomic mass is 16.5. The first-order chi connectivity index (χ1) is 14.7. The largest absolute Gasteiger partial charge is 0.506 e. The summed E-state index contributed by atoms with van der Waals surface area (Å²) in [5.41, 5.74) is 5.24. The first-order valence-electron chi connectivity index (χ1n) is 10.7. The fraction of sp³-hybridized carbons (Fsp3) is 0.222. The van der Waals surface area contributed by atoms with Gasteiger partial charge in [0.15, 0.2) is 0 Å². The molecule has 0 radical (unpaired) electrons. The Morgan fingerprint density at radius 3 is 2.40 bits per heavy atom. The Balaban J connectivity index is 2.03. The summed E-state index contributed by atoms with van der Waals surface area (Å²) in [5.74, 6) is -0.466. The molecular weight excluding hydrogens is 372 g/mol. The van der Waals surface area contributed by atoms with E-state index in [9.17, 15) is 9.90 Å². The highest BCUT2D eigenvalue weighted by Crippen LogP contribution is 2.45. The SMILES string of the molecule is CCOC(=O)c1c(O)c2ccccc2c2c(-c3ccccc3)c3c(cc12)CCCC3. The van der Waals surface area contributed by atoms with Crippen LogP contribution in [0.1, 0.15) is 41.3 Å². The van der Waals surface area contributed by atoms with E-state index in [1.165, 1.54) is 23.1 Å². The third-order valence-electron chi connectivity index (χ3n) is 6.15. The molecule has 1 aliphatic rings. The van der Waals surface area contributed by atoms with E-state index in [-0.39, 0.29) is 17.9 Å². The van der Waals surface area contributed by atoms with Crippen molar-refractivity contribution < 1.29 is 14.6 Å². The Kier molecular flexibility index (Phi) is 4.66. The number of esters is 1. The number of fused-ring (bicyclic) bond motifs is 4. The standard InChI is InChI=1S/C27H24O3/c1-2-30-27(29)25-22-16-18-12-6-7-13-19(18)23(17-10-4-3-5-11-17)24(22)20-14-8-9-15-21(20)26(25)28/h3-5,8-11,14-16,28H,2,6-7,12-13H2,1H3. The van der Waals surface area contributed by atoms with Gasteiger partial charge in [0.25, 0.3) is 0 Å². The molecule has 0 amide bonds. The summed E-state index contributed by atoms with van der Waals surface area (Å²) < 4.78 is 5.36. The summed E-state index contributed by atoms with van der Waals surface area (Å²) in [6.45, 7) is 2.05. The van der Waals surface area contributed by atoms with Crippen LogP contribution in [0.15, 0.2) is 60.7 Å². The van der Waals surface area contributed by atoms with Gasteiger partial charge in [-0.05, 0) is 71.7 Å². The van der Waals surface area contributed by atoms with E-state index >= 15 is 0 Å². The predicted molar refractivity (Wildman–Crippen MR) is 121 cm³/mol. The van der Waals surface area contributed by atoms with Crippen molar-refractivity contribution in [3.05, 3.63) is 77.4 Å². The topological polar surface area (TPSA) is 46.5 Å². The van der Waals surface area contributed by atoms with Crippen LogP contribution in [0.3, 0.4) is 0 Å². The number of phenols is 1. The molecular formula is C27H24O3. The van der Waals surface area contributed by atoms with Gasteiger partial charge in [-0.15, -0.1) is 0 Å². The second kappa shape index (κ2) is 7.49. The molecule has 0 spiro atoms. The molecule has 3 heteroatoms. The molecule has 30 heavy (non-hydrogen) atoms. The molecule has 150 valence electrons. The maximum absolute atomic E-state index is 13.0.